The lowest BCUT2D eigenvalue weighted by molar-refractivity contribution is -0.125. The molecule has 3 nitrogen and oxygen atoms in total. The number of hydrogen-bond donors (Lipinski definition) is 0. The summed E-state index contributed by atoms with van der Waals surface area (Å²) in [6.07, 6.45) is 4.34. The fourth-order valence-electron chi connectivity index (χ4n) is 2.17. The van der Waals surface area contributed by atoms with Crippen LogP contribution in [0.4, 0.5) is 0 Å². The molecule has 0 radical (unpaired) electrons. The van der Waals surface area contributed by atoms with Crippen LogP contribution in [0.5, 0.6) is 0 Å². The first kappa shape index (κ1) is 18.3. The summed E-state index contributed by atoms with van der Waals surface area (Å²) in [5.74, 6) is 0.0336. The molecule has 0 aromatic heterocycles. The normalized spacial score (nSPS) is 16.6. The molecule has 1 fully saturated rings. The van der Waals surface area contributed by atoms with Crippen LogP contribution in [-0.4, -0.2) is 48.9 Å². The lowest BCUT2D eigenvalue weighted by Gasteiger charge is -2.18. The lowest BCUT2D eigenvalue weighted by Crippen LogP contribution is -3.00. The predicted molar refractivity (Wildman–Crippen MR) is 84.2 cm³/mol. The molecule has 2 rings (SSSR count). The van der Waals surface area contributed by atoms with E-state index in [4.69, 9.17) is 23.2 Å². The Balaban J connectivity index is 0.00000220. The van der Waals surface area contributed by atoms with Gasteiger partial charge in [-0.25, -0.2) is 0 Å². The van der Waals surface area contributed by atoms with Crippen molar-refractivity contribution in [2.45, 2.75) is 6.42 Å². The van der Waals surface area contributed by atoms with Gasteiger partial charge < -0.3 is 22.2 Å². The Bertz CT molecular complexity index is 520. The highest BCUT2D eigenvalue weighted by Crippen LogP contribution is 2.22. The van der Waals surface area contributed by atoms with Crippen molar-refractivity contribution in [3.8, 4) is 0 Å². The molecule has 1 saturated heterocycles. The molecule has 1 aliphatic heterocycles. The minimum Gasteiger partial charge on any atom is -1.00 e. The zero-order valence-electron chi connectivity index (χ0n) is 11.9. The molecule has 0 spiro atoms. The molecule has 0 saturated carbocycles. The van der Waals surface area contributed by atoms with E-state index in [2.05, 4.69) is 11.9 Å². The number of carbonyl (C=O) groups excluding carboxylic acids is 1. The van der Waals surface area contributed by atoms with Crippen LogP contribution in [0.1, 0.15) is 12.0 Å². The number of carbonyl (C=O) groups is 1. The van der Waals surface area contributed by atoms with Crippen molar-refractivity contribution in [3.05, 3.63) is 39.9 Å². The van der Waals surface area contributed by atoms with Crippen LogP contribution in [-0.2, 0) is 4.79 Å². The summed E-state index contributed by atoms with van der Waals surface area (Å²) >= 11 is 11.9. The first-order chi connectivity index (χ1) is 9.56. The van der Waals surface area contributed by atoms with Gasteiger partial charge in [-0.05, 0) is 43.8 Å². The van der Waals surface area contributed by atoms with E-state index in [1.54, 1.807) is 24.3 Å². The molecule has 21 heavy (non-hydrogen) atoms. The Morgan fingerprint density at radius 3 is 2.67 bits per heavy atom. The monoisotopic (exact) mass is 347 g/mol. The van der Waals surface area contributed by atoms with Crippen molar-refractivity contribution in [2.24, 2.45) is 0 Å². The van der Waals surface area contributed by atoms with Crippen molar-refractivity contribution >= 4 is 35.2 Å². The van der Waals surface area contributed by atoms with E-state index in [1.165, 1.54) is 0 Å². The van der Waals surface area contributed by atoms with E-state index < -0.39 is 0 Å². The van der Waals surface area contributed by atoms with Crippen molar-refractivity contribution < 1.29 is 17.2 Å². The quantitative estimate of drug-likeness (QED) is 0.712. The topological polar surface area (TPSA) is 23.6 Å². The van der Waals surface area contributed by atoms with Crippen LogP contribution in [0, 0.1) is 0 Å². The molecule has 116 valence electrons. The number of nitrogens with zero attached hydrogens (tertiary/aromatic N) is 2. The number of hydrogen-bond acceptors (Lipinski definition) is 2. The van der Waals surface area contributed by atoms with Gasteiger partial charge in [0.25, 0.3) is 0 Å². The minimum absolute atomic E-state index is 0. The van der Waals surface area contributed by atoms with Gasteiger partial charge in [0.1, 0.15) is 0 Å². The molecule has 0 aliphatic carbocycles. The molecule has 0 unspecified atom stereocenters. The molecular formula is C15H18Cl3N2O-. The molecule has 0 N–H and O–H groups in total. The van der Waals surface area contributed by atoms with E-state index in [0.29, 0.717) is 10.0 Å². The third-order valence-electron chi connectivity index (χ3n) is 3.40. The molecule has 1 aromatic carbocycles. The van der Waals surface area contributed by atoms with Crippen LogP contribution in [0.15, 0.2) is 24.3 Å². The van der Waals surface area contributed by atoms with E-state index in [-0.39, 0.29) is 18.3 Å². The van der Waals surface area contributed by atoms with Crippen molar-refractivity contribution in [1.29, 1.82) is 0 Å². The van der Waals surface area contributed by atoms with Gasteiger partial charge in [0.05, 0.1) is 0 Å². The second kappa shape index (κ2) is 8.64. The maximum Gasteiger partial charge on any atom is 0.246 e. The molecule has 1 aromatic rings. The maximum absolute atomic E-state index is 12.2. The lowest BCUT2D eigenvalue weighted by atomic mass is 10.2. The summed E-state index contributed by atoms with van der Waals surface area (Å²) in [4.78, 5) is 16.3. The largest absolute Gasteiger partial charge is 1.00 e. The summed E-state index contributed by atoms with van der Waals surface area (Å²) in [5, 5.41) is 1.14. The van der Waals surface area contributed by atoms with E-state index >= 15 is 0 Å². The van der Waals surface area contributed by atoms with Gasteiger partial charge in [0.2, 0.25) is 5.91 Å². The molecule has 1 aliphatic rings. The van der Waals surface area contributed by atoms with Gasteiger partial charge in [-0.1, -0.05) is 29.3 Å². The van der Waals surface area contributed by atoms with Crippen LogP contribution in [0.25, 0.3) is 6.08 Å². The van der Waals surface area contributed by atoms with Gasteiger partial charge in [-0.15, -0.1) is 0 Å². The Kier molecular flexibility index (Phi) is 7.53. The zero-order chi connectivity index (χ0) is 14.5. The summed E-state index contributed by atoms with van der Waals surface area (Å²) in [7, 11) is 2.08. The highest BCUT2D eigenvalue weighted by Gasteiger charge is 2.15. The fourth-order valence-corrected chi connectivity index (χ4v) is 2.64. The highest BCUT2D eigenvalue weighted by atomic mass is 35.5. The van der Waals surface area contributed by atoms with Crippen molar-refractivity contribution in [2.75, 3.05) is 33.2 Å². The molecular weight excluding hydrogens is 331 g/mol. The summed E-state index contributed by atoms with van der Waals surface area (Å²) < 4.78 is 0. The first-order valence-electron chi connectivity index (χ1n) is 6.67. The van der Waals surface area contributed by atoms with E-state index in [9.17, 15) is 4.79 Å². The summed E-state index contributed by atoms with van der Waals surface area (Å²) in [6, 6.07) is 5.25. The standard InChI is InChI=1S/C15H18Cl2N2O.ClH/c1-18-7-2-8-19(10-9-18)15(20)6-4-12-3-5-13(16)11-14(12)17;/h3-6,11H,2,7-10H2,1H3;1H/p-1/b6-4+;. The van der Waals surface area contributed by atoms with E-state index in [1.807, 2.05) is 11.0 Å². The minimum atomic E-state index is 0. The number of amides is 1. The zero-order valence-corrected chi connectivity index (χ0v) is 14.1. The Hall–Kier alpha value is -0.740. The second-order valence-electron chi connectivity index (χ2n) is 4.98. The summed E-state index contributed by atoms with van der Waals surface area (Å²) in [6.45, 7) is 3.54. The van der Waals surface area contributed by atoms with Crippen molar-refractivity contribution in [3.63, 3.8) is 0 Å². The SMILES string of the molecule is CN1CCCN(C(=O)/C=C/c2ccc(Cl)cc2Cl)CC1.[Cl-]. The number of benzene rings is 1. The fraction of sp³-hybridized carbons (Fsp3) is 0.400. The van der Waals surface area contributed by atoms with Crippen LogP contribution in [0.2, 0.25) is 10.0 Å². The van der Waals surface area contributed by atoms with Gasteiger partial charge in [-0.3, -0.25) is 4.79 Å². The number of likely N-dealkylation sites (N-methyl/N-ethyl adjacent to an activating group) is 1. The molecule has 6 heteroatoms. The highest BCUT2D eigenvalue weighted by molar-refractivity contribution is 6.35. The number of halogens is 3. The van der Waals surface area contributed by atoms with Crippen LogP contribution >= 0.6 is 23.2 Å². The van der Waals surface area contributed by atoms with Crippen molar-refractivity contribution in [1.82, 2.24) is 9.80 Å². The third-order valence-corrected chi connectivity index (χ3v) is 3.96. The van der Waals surface area contributed by atoms with Gasteiger partial charge in [-0.2, -0.15) is 0 Å². The predicted octanol–water partition coefficient (Wildman–Crippen LogP) is 0.175. The second-order valence-corrected chi connectivity index (χ2v) is 5.82. The molecule has 1 amide bonds. The van der Waals surface area contributed by atoms with E-state index in [0.717, 1.165) is 38.2 Å². The van der Waals surface area contributed by atoms with Gasteiger partial charge in [0, 0.05) is 35.8 Å². The van der Waals surface area contributed by atoms with Crippen LogP contribution < -0.4 is 12.4 Å². The summed E-state index contributed by atoms with van der Waals surface area (Å²) in [5.41, 5.74) is 0.802. The van der Waals surface area contributed by atoms with Gasteiger partial charge in [0.15, 0.2) is 0 Å². The smallest absolute Gasteiger partial charge is 0.246 e. The Labute approximate surface area is 141 Å². The maximum atomic E-state index is 12.2. The first-order valence-corrected chi connectivity index (χ1v) is 7.42. The average Bonchev–Trinajstić information content (AvgIpc) is 2.62. The average molecular weight is 349 g/mol. The molecule has 0 atom stereocenters. The third kappa shape index (κ3) is 5.51. The van der Waals surface area contributed by atoms with Crippen LogP contribution in [0.3, 0.4) is 0 Å². The Morgan fingerprint density at radius 2 is 1.95 bits per heavy atom. The number of rotatable bonds is 2. The van der Waals surface area contributed by atoms with Gasteiger partial charge >= 0.3 is 0 Å². The molecule has 1 heterocycles. The Morgan fingerprint density at radius 1 is 1.19 bits per heavy atom. The molecule has 0 bridgehead atoms.